The Morgan fingerprint density at radius 1 is 1.12 bits per heavy atom. The highest BCUT2D eigenvalue weighted by molar-refractivity contribution is 5.63. The molecule has 4 rings (SSSR count). The Kier molecular flexibility index (Phi) is 3.90. The molecule has 26 heavy (non-hydrogen) atoms. The third kappa shape index (κ3) is 2.70. The molecule has 0 bridgehead atoms. The fourth-order valence-corrected chi connectivity index (χ4v) is 2.91. The SMILES string of the molecule is CCc1nn2ccc(C#Cc3cnn(C)c3)c2c(=O)n1-c1ccccc1. The van der Waals surface area contributed by atoms with E-state index in [1.54, 1.807) is 26.2 Å². The predicted octanol–water partition coefficient (Wildman–Crippen LogP) is 2.18. The normalized spacial score (nSPS) is 10.7. The summed E-state index contributed by atoms with van der Waals surface area (Å²) >= 11 is 0. The maximum atomic E-state index is 13.2. The minimum atomic E-state index is -0.122. The molecule has 128 valence electrons. The van der Waals surface area contributed by atoms with Crippen LogP contribution in [0, 0.1) is 11.8 Å². The molecule has 0 unspecified atom stereocenters. The van der Waals surface area contributed by atoms with E-state index < -0.39 is 0 Å². The molecule has 3 aromatic heterocycles. The van der Waals surface area contributed by atoms with Crippen molar-refractivity contribution in [2.45, 2.75) is 13.3 Å². The zero-order valence-corrected chi connectivity index (χ0v) is 14.5. The molecule has 0 aliphatic rings. The summed E-state index contributed by atoms with van der Waals surface area (Å²) in [6, 6.07) is 11.4. The highest BCUT2D eigenvalue weighted by atomic mass is 16.1. The topological polar surface area (TPSA) is 57.1 Å². The van der Waals surface area contributed by atoms with Crippen molar-refractivity contribution in [1.82, 2.24) is 24.0 Å². The molecule has 0 aliphatic carbocycles. The number of aryl methyl sites for hydroxylation is 2. The van der Waals surface area contributed by atoms with Gasteiger partial charge in [0.05, 0.1) is 23.0 Å². The maximum absolute atomic E-state index is 13.2. The number of aromatic nitrogens is 5. The molecule has 0 saturated heterocycles. The molecule has 0 amide bonds. The number of para-hydroxylation sites is 1. The number of rotatable bonds is 2. The Morgan fingerprint density at radius 3 is 2.62 bits per heavy atom. The highest BCUT2D eigenvalue weighted by Gasteiger charge is 2.14. The molecule has 0 saturated carbocycles. The van der Waals surface area contributed by atoms with Crippen molar-refractivity contribution >= 4 is 5.52 Å². The molecule has 0 radical (unpaired) electrons. The minimum absolute atomic E-state index is 0.122. The Labute approximate surface area is 150 Å². The zero-order chi connectivity index (χ0) is 18.1. The highest BCUT2D eigenvalue weighted by Crippen LogP contribution is 2.12. The van der Waals surface area contributed by atoms with Crippen LogP contribution in [0.5, 0.6) is 0 Å². The standard InChI is InChI=1S/C20H17N5O/c1-3-18-22-24-12-11-16(10-9-15-13-21-23(2)14-15)19(24)20(26)25(18)17-7-5-4-6-8-17/h4-8,11-14H,3H2,1-2H3. The van der Waals surface area contributed by atoms with Gasteiger partial charge in [0, 0.05) is 25.9 Å². The smallest absolute Gasteiger partial charge is 0.275 e. The van der Waals surface area contributed by atoms with E-state index in [-0.39, 0.29) is 5.56 Å². The number of hydrogen-bond acceptors (Lipinski definition) is 3. The Bertz CT molecular complexity index is 1200. The first kappa shape index (κ1) is 15.9. The Balaban J connectivity index is 1.93. The largest absolute Gasteiger partial charge is 0.283 e. The van der Waals surface area contributed by atoms with Crippen LogP contribution in [-0.4, -0.2) is 24.0 Å². The van der Waals surface area contributed by atoms with Crippen LogP contribution >= 0.6 is 0 Å². The van der Waals surface area contributed by atoms with Crippen LogP contribution in [-0.2, 0) is 13.5 Å². The molecule has 3 heterocycles. The van der Waals surface area contributed by atoms with E-state index in [2.05, 4.69) is 22.0 Å². The fraction of sp³-hybridized carbons (Fsp3) is 0.150. The van der Waals surface area contributed by atoms with Crippen LogP contribution < -0.4 is 5.56 Å². The third-order valence-corrected chi connectivity index (χ3v) is 4.13. The average Bonchev–Trinajstić information content (AvgIpc) is 3.26. The summed E-state index contributed by atoms with van der Waals surface area (Å²) in [4.78, 5) is 13.2. The fourth-order valence-electron chi connectivity index (χ4n) is 2.91. The molecule has 0 N–H and O–H groups in total. The lowest BCUT2D eigenvalue weighted by Crippen LogP contribution is -2.26. The van der Waals surface area contributed by atoms with E-state index in [4.69, 9.17) is 0 Å². The van der Waals surface area contributed by atoms with Gasteiger partial charge in [-0.15, -0.1) is 0 Å². The van der Waals surface area contributed by atoms with Crippen LogP contribution in [0.3, 0.4) is 0 Å². The molecule has 4 aromatic rings. The van der Waals surface area contributed by atoms with E-state index >= 15 is 0 Å². The van der Waals surface area contributed by atoms with Crippen LogP contribution in [0.4, 0.5) is 0 Å². The molecule has 1 aromatic carbocycles. The van der Waals surface area contributed by atoms with E-state index in [0.29, 0.717) is 23.3 Å². The summed E-state index contributed by atoms with van der Waals surface area (Å²) < 4.78 is 4.97. The van der Waals surface area contributed by atoms with Crippen molar-refractivity contribution in [3.8, 4) is 17.5 Å². The second kappa shape index (κ2) is 6.37. The van der Waals surface area contributed by atoms with Crippen LogP contribution in [0.1, 0.15) is 23.9 Å². The molecule has 0 atom stereocenters. The van der Waals surface area contributed by atoms with Gasteiger partial charge in [0.15, 0.2) is 0 Å². The van der Waals surface area contributed by atoms with Gasteiger partial charge in [-0.25, -0.2) is 4.52 Å². The van der Waals surface area contributed by atoms with Crippen molar-refractivity contribution in [3.05, 3.63) is 82.3 Å². The summed E-state index contributed by atoms with van der Waals surface area (Å²) in [5.74, 6) is 6.83. The van der Waals surface area contributed by atoms with Crippen molar-refractivity contribution in [2.75, 3.05) is 0 Å². The van der Waals surface area contributed by atoms with Crippen molar-refractivity contribution in [1.29, 1.82) is 0 Å². The van der Waals surface area contributed by atoms with Gasteiger partial charge in [0.25, 0.3) is 5.56 Å². The molecular formula is C20H17N5O. The first-order valence-corrected chi connectivity index (χ1v) is 8.36. The molecule has 0 aliphatic heterocycles. The minimum Gasteiger partial charge on any atom is -0.275 e. The van der Waals surface area contributed by atoms with Crippen LogP contribution in [0.15, 0.2) is 59.8 Å². The van der Waals surface area contributed by atoms with Gasteiger partial charge in [-0.2, -0.15) is 10.2 Å². The van der Waals surface area contributed by atoms with Gasteiger partial charge in [-0.05, 0) is 18.2 Å². The first-order chi connectivity index (χ1) is 12.7. The van der Waals surface area contributed by atoms with E-state index in [1.807, 2.05) is 56.6 Å². The number of benzene rings is 1. The molecule has 0 spiro atoms. The molecule has 6 nitrogen and oxygen atoms in total. The lowest BCUT2D eigenvalue weighted by atomic mass is 10.2. The zero-order valence-electron chi connectivity index (χ0n) is 14.5. The summed E-state index contributed by atoms with van der Waals surface area (Å²) in [5.41, 5.74) is 2.61. The summed E-state index contributed by atoms with van der Waals surface area (Å²) in [6.07, 6.45) is 5.95. The Hall–Kier alpha value is -3.59. The third-order valence-electron chi connectivity index (χ3n) is 4.13. The summed E-state index contributed by atoms with van der Waals surface area (Å²) in [6.45, 7) is 1.99. The van der Waals surface area contributed by atoms with Crippen molar-refractivity contribution in [2.24, 2.45) is 7.05 Å². The average molecular weight is 343 g/mol. The van der Waals surface area contributed by atoms with Gasteiger partial charge in [-0.1, -0.05) is 37.0 Å². The Morgan fingerprint density at radius 2 is 1.92 bits per heavy atom. The lowest BCUT2D eigenvalue weighted by molar-refractivity contribution is 0.738. The van der Waals surface area contributed by atoms with Gasteiger partial charge in [0.2, 0.25) is 0 Å². The van der Waals surface area contributed by atoms with Gasteiger partial charge in [0.1, 0.15) is 11.3 Å². The summed E-state index contributed by atoms with van der Waals surface area (Å²) in [7, 11) is 1.84. The number of hydrogen-bond donors (Lipinski definition) is 0. The maximum Gasteiger partial charge on any atom is 0.283 e. The van der Waals surface area contributed by atoms with Crippen LogP contribution in [0.2, 0.25) is 0 Å². The number of fused-ring (bicyclic) bond motifs is 1. The quantitative estimate of drug-likeness (QED) is 0.524. The monoisotopic (exact) mass is 343 g/mol. The first-order valence-electron chi connectivity index (χ1n) is 8.36. The molecule has 6 heteroatoms. The van der Waals surface area contributed by atoms with Crippen molar-refractivity contribution in [3.63, 3.8) is 0 Å². The number of nitrogens with zero attached hydrogens (tertiary/aromatic N) is 5. The van der Waals surface area contributed by atoms with Crippen molar-refractivity contribution < 1.29 is 0 Å². The van der Waals surface area contributed by atoms with Gasteiger partial charge in [-0.3, -0.25) is 14.0 Å². The van der Waals surface area contributed by atoms with E-state index in [1.165, 1.54) is 0 Å². The molecule has 0 fully saturated rings. The lowest BCUT2D eigenvalue weighted by Gasteiger charge is -2.11. The molecular weight excluding hydrogens is 326 g/mol. The second-order valence-electron chi connectivity index (χ2n) is 5.92. The van der Waals surface area contributed by atoms with Gasteiger partial charge < -0.3 is 0 Å². The van der Waals surface area contributed by atoms with E-state index in [0.717, 1.165) is 11.3 Å². The second-order valence-corrected chi connectivity index (χ2v) is 5.92. The predicted molar refractivity (Wildman–Crippen MR) is 99.4 cm³/mol. The van der Waals surface area contributed by atoms with Gasteiger partial charge >= 0.3 is 0 Å². The van der Waals surface area contributed by atoms with E-state index in [9.17, 15) is 4.79 Å². The summed E-state index contributed by atoms with van der Waals surface area (Å²) in [5, 5.41) is 8.71. The van der Waals surface area contributed by atoms with Crippen LogP contribution in [0.25, 0.3) is 11.2 Å².